The van der Waals surface area contributed by atoms with Gasteiger partial charge in [-0.15, -0.1) is 11.3 Å². The fourth-order valence-electron chi connectivity index (χ4n) is 3.15. The zero-order valence-electron chi connectivity index (χ0n) is 14.3. The summed E-state index contributed by atoms with van der Waals surface area (Å²) in [6.07, 6.45) is -1.78. The Bertz CT molecular complexity index is 775. The molecule has 2 aromatic rings. The second-order valence-corrected chi connectivity index (χ2v) is 7.76. The highest BCUT2D eigenvalue weighted by Crippen LogP contribution is 2.36. The van der Waals surface area contributed by atoms with Crippen LogP contribution in [0.3, 0.4) is 0 Å². The number of carbonyl (C=O) groups is 1. The number of pyridine rings is 1. The molecule has 0 spiro atoms. The van der Waals surface area contributed by atoms with E-state index in [2.05, 4.69) is 10.3 Å². The van der Waals surface area contributed by atoms with Crippen LogP contribution in [0.2, 0.25) is 0 Å². The van der Waals surface area contributed by atoms with Gasteiger partial charge in [0, 0.05) is 29.0 Å². The number of hydrogen-bond donors (Lipinski definition) is 1. The first-order valence-electron chi connectivity index (χ1n) is 8.45. The number of thiophene rings is 1. The molecular formula is C18H20F3N3OS. The Kier molecular flexibility index (Phi) is 5.50. The maximum atomic E-state index is 13.2. The summed E-state index contributed by atoms with van der Waals surface area (Å²) >= 11 is 1.62. The van der Waals surface area contributed by atoms with E-state index in [9.17, 15) is 18.0 Å². The molecule has 3 rings (SSSR count). The molecule has 1 amide bonds. The summed E-state index contributed by atoms with van der Waals surface area (Å²) in [5, 5.41) is 2.90. The maximum absolute atomic E-state index is 13.2. The van der Waals surface area contributed by atoms with Crippen molar-refractivity contribution in [3.05, 3.63) is 45.8 Å². The van der Waals surface area contributed by atoms with Gasteiger partial charge in [0.1, 0.15) is 5.82 Å². The molecule has 1 fully saturated rings. The zero-order chi connectivity index (χ0) is 18.7. The summed E-state index contributed by atoms with van der Waals surface area (Å²) < 4.78 is 39.7. The molecule has 140 valence electrons. The standard InChI is InChI=1S/C18H20F3N3OS/c1-12-6-7-14(26-12)10-23-17(25)13-4-3-9-24(11-13)16-15(18(19,20)21)5-2-8-22-16/h2,5-8,13H,3-4,9-11H2,1H3,(H,23,25)/t13-/m0/s1. The van der Waals surface area contributed by atoms with Gasteiger partial charge in [0.15, 0.2) is 0 Å². The van der Waals surface area contributed by atoms with Crippen LogP contribution in [0.25, 0.3) is 0 Å². The minimum Gasteiger partial charge on any atom is -0.355 e. The van der Waals surface area contributed by atoms with Gasteiger partial charge in [-0.3, -0.25) is 4.79 Å². The third-order valence-corrected chi connectivity index (χ3v) is 5.42. The lowest BCUT2D eigenvalue weighted by Crippen LogP contribution is -2.43. The van der Waals surface area contributed by atoms with Crippen molar-refractivity contribution >= 4 is 23.1 Å². The Morgan fingerprint density at radius 1 is 1.38 bits per heavy atom. The van der Waals surface area contributed by atoms with Crippen LogP contribution < -0.4 is 10.2 Å². The lowest BCUT2D eigenvalue weighted by atomic mass is 9.96. The molecule has 1 N–H and O–H groups in total. The van der Waals surface area contributed by atoms with E-state index in [1.54, 1.807) is 16.2 Å². The zero-order valence-corrected chi connectivity index (χ0v) is 15.2. The van der Waals surface area contributed by atoms with Gasteiger partial charge in [-0.1, -0.05) is 0 Å². The lowest BCUT2D eigenvalue weighted by molar-refractivity contribution is -0.137. The topological polar surface area (TPSA) is 45.2 Å². The SMILES string of the molecule is Cc1ccc(CNC(=O)[C@H]2CCCN(c3ncccc3C(F)(F)F)C2)s1. The molecule has 2 aromatic heterocycles. The Hall–Kier alpha value is -2.09. The van der Waals surface area contributed by atoms with Crippen LogP contribution in [0.5, 0.6) is 0 Å². The molecule has 1 atom stereocenters. The smallest absolute Gasteiger partial charge is 0.355 e. The number of hydrogen-bond acceptors (Lipinski definition) is 4. The predicted octanol–water partition coefficient (Wildman–Crippen LogP) is 4.00. The highest BCUT2D eigenvalue weighted by molar-refractivity contribution is 7.11. The summed E-state index contributed by atoms with van der Waals surface area (Å²) in [5.41, 5.74) is -0.755. The van der Waals surface area contributed by atoms with Gasteiger partial charge in [-0.25, -0.2) is 4.98 Å². The fraction of sp³-hybridized carbons (Fsp3) is 0.444. The van der Waals surface area contributed by atoms with E-state index in [1.165, 1.54) is 17.1 Å². The number of alkyl halides is 3. The van der Waals surface area contributed by atoms with Crippen LogP contribution in [-0.4, -0.2) is 24.0 Å². The van der Waals surface area contributed by atoms with Crippen molar-refractivity contribution in [2.45, 2.75) is 32.5 Å². The first-order valence-corrected chi connectivity index (χ1v) is 9.26. The molecular weight excluding hydrogens is 363 g/mol. The molecule has 8 heteroatoms. The highest BCUT2D eigenvalue weighted by Gasteiger charge is 2.37. The molecule has 4 nitrogen and oxygen atoms in total. The van der Waals surface area contributed by atoms with E-state index in [0.717, 1.165) is 10.9 Å². The second kappa shape index (κ2) is 7.65. The van der Waals surface area contributed by atoms with E-state index in [-0.39, 0.29) is 24.2 Å². The number of nitrogens with zero attached hydrogens (tertiary/aromatic N) is 2. The lowest BCUT2D eigenvalue weighted by Gasteiger charge is -2.34. The molecule has 0 saturated carbocycles. The molecule has 1 aliphatic heterocycles. The third kappa shape index (κ3) is 4.35. The number of anilines is 1. The van der Waals surface area contributed by atoms with Gasteiger partial charge in [0.05, 0.1) is 18.0 Å². The molecule has 0 aliphatic carbocycles. The minimum atomic E-state index is -4.46. The van der Waals surface area contributed by atoms with Crippen LogP contribution in [0.1, 0.15) is 28.2 Å². The fourth-order valence-corrected chi connectivity index (χ4v) is 3.98. The van der Waals surface area contributed by atoms with Crippen molar-refractivity contribution in [3.8, 4) is 0 Å². The molecule has 1 aliphatic rings. The normalized spacial score (nSPS) is 18.0. The second-order valence-electron chi connectivity index (χ2n) is 6.39. The van der Waals surface area contributed by atoms with Crippen molar-refractivity contribution in [1.82, 2.24) is 10.3 Å². The number of halogens is 3. The number of rotatable bonds is 4. The molecule has 26 heavy (non-hydrogen) atoms. The number of carbonyl (C=O) groups excluding carboxylic acids is 1. The predicted molar refractivity (Wildman–Crippen MR) is 95.1 cm³/mol. The van der Waals surface area contributed by atoms with Crippen LogP contribution >= 0.6 is 11.3 Å². The van der Waals surface area contributed by atoms with Crippen molar-refractivity contribution in [2.75, 3.05) is 18.0 Å². The Morgan fingerprint density at radius 2 is 2.19 bits per heavy atom. The van der Waals surface area contributed by atoms with E-state index in [0.29, 0.717) is 25.9 Å². The maximum Gasteiger partial charge on any atom is 0.419 e. The molecule has 0 aromatic carbocycles. The summed E-state index contributed by atoms with van der Waals surface area (Å²) in [4.78, 5) is 20.2. The van der Waals surface area contributed by atoms with Gasteiger partial charge >= 0.3 is 6.18 Å². The first-order chi connectivity index (χ1) is 12.3. The van der Waals surface area contributed by atoms with Gasteiger partial charge in [-0.05, 0) is 44.0 Å². The van der Waals surface area contributed by atoms with E-state index in [4.69, 9.17) is 0 Å². The van der Waals surface area contributed by atoms with E-state index in [1.807, 2.05) is 19.1 Å². The van der Waals surface area contributed by atoms with E-state index >= 15 is 0 Å². The molecule has 3 heterocycles. The summed E-state index contributed by atoms with van der Waals surface area (Å²) in [6.45, 7) is 3.16. The summed E-state index contributed by atoms with van der Waals surface area (Å²) in [5.74, 6) is -0.551. The van der Waals surface area contributed by atoms with Crippen LogP contribution in [0.15, 0.2) is 30.5 Å². The van der Waals surface area contributed by atoms with Crippen molar-refractivity contribution in [1.29, 1.82) is 0 Å². The Morgan fingerprint density at radius 3 is 2.88 bits per heavy atom. The average Bonchev–Trinajstić information content (AvgIpc) is 3.04. The van der Waals surface area contributed by atoms with Crippen LogP contribution in [-0.2, 0) is 17.5 Å². The number of amides is 1. The molecule has 0 radical (unpaired) electrons. The molecule has 0 bridgehead atoms. The van der Waals surface area contributed by atoms with Crippen molar-refractivity contribution in [2.24, 2.45) is 5.92 Å². The third-order valence-electron chi connectivity index (χ3n) is 4.42. The Labute approximate surface area is 154 Å². The van der Waals surface area contributed by atoms with Crippen LogP contribution in [0, 0.1) is 12.8 Å². The van der Waals surface area contributed by atoms with Gasteiger partial charge in [0.2, 0.25) is 5.91 Å². The van der Waals surface area contributed by atoms with Crippen LogP contribution in [0.4, 0.5) is 19.0 Å². The first kappa shape index (κ1) is 18.7. The number of aryl methyl sites for hydroxylation is 1. The van der Waals surface area contributed by atoms with E-state index < -0.39 is 11.7 Å². The van der Waals surface area contributed by atoms with Crippen molar-refractivity contribution in [3.63, 3.8) is 0 Å². The van der Waals surface area contributed by atoms with Gasteiger partial charge in [0.25, 0.3) is 0 Å². The molecule has 1 saturated heterocycles. The summed E-state index contributed by atoms with van der Waals surface area (Å²) in [6, 6.07) is 6.28. The number of piperidine rings is 1. The number of aromatic nitrogens is 1. The largest absolute Gasteiger partial charge is 0.419 e. The Balaban J connectivity index is 1.67. The monoisotopic (exact) mass is 383 g/mol. The average molecular weight is 383 g/mol. The molecule has 0 unspecified atom stereocenters. The van der Waals surface area contributed by atoms with Gasteiger partial charge < -0.3 is 10.2 Å². The highest BCUT2D eigenvalue weighted by atomic mass is 32.1. The van der Waals surface area contributed by atoms with Crippen molar-refractivity contribution < 1.29 is 18.0 Å². The number of nitrogens with one attached hydrogen (secondary N) is 1. The quantitative estimate of drug-likeness (QED) is 0.868. The van der Waals surface area contributed by atoms with Gasteiger partial charge in [-0.2, -0.15) is 13.2 Å². The summed E-state index contributed by atoms with van der Waals surface area (Å²) in [7, 11) is 0. The minimum absolute atomic E-state index is 0.0913.